The van der Waals surface area contributed by atoms with E-state index in [1.54, 1.807) is 49.6 Å². The van der Waals surface area contributed by atoms with Crippen LogP contribution in [0.1, 0.15) is 22.3 Å². The molecule has 77 heavy (non-hydrogen) atoms. The minimum absolute atomic E-state index is 0.744. The van der Waals surface area contributed by atoms with Crippen molar-refractivity contribution in [1.29, 1.82) is 0 Å². The Labute approximate surface area is 446 Å². The summed E-state index contributed by atoms with van der Waals surface area (Å²) >= 11 is 0. The molecular weight excluding hydrogens is 949 g/mol. The van der Waals surface area contributed by atoms with Gasteiger partial charge in [-0.25, -0.2) is 39.9 Å². The molecule has 12 aromatic rings. The normalized spacial score (nSPS) is 11.1. The molecule has 0 saturated carbocycles. The zero-order chi connectivity index (χ0) is 51.6. The molecule has 0 N–H and O–H groups in total. The largest absolute Gasteiger partial charge is 0.279 e. The molecule has 0 aliphatic rings. The Bertz CT molecular complexity index is 3090. The van der Waals surface area contributed by atoms with Gasteiger partial charge in [0.15, 0.2) is 0 Å². The third-order valence-electron chi connectivity index (χ3n) is 13.3. The summed E-state index contributed by atoms with van der Waals surface area (Å²) in [5, 5.41) is 0. The van der Waals surface area contributed by atoms with Crippen LogP contribution in [0, 0.1) is 0 Å². The molecule has 0 spiro atoms. The fourth-order valence-corrected chi connectivity index (χ4v) is 9.86. The first-order valence-corrected chi connectivity index (χ1v) is 25.1. The van der Waals surface area contributed by atoms with E-state index < -0.39 is 5.41 Å². The molecule has 12 nitrogen and oxygen atoms in total. The molecule has 0 saturated heterocycles. The van der Waals surface area contributed by atoms with Gasteiger partial charge >= 0.3 is 0 Å². The van der Waals surface area contributed by atoms with E-state index in [9.17, 15) is 0 Å². The van der Waals surface area contributed by atoms with Gasteiger partial charge in [0.2, 0.25) is 0 Å². The Kier molecular flexibility index (Phi) is 13.4. The number of anilines is 12. The van der Waals surface area contributed by atoms with Gasteiger partial charge in [-0.2, -0.15) is 0 Å². The van der Waals surface area contributed by atoms with Crippen molar-refractivity contribution in [3.63, 3.8) is 0 Å². The van der Waals surface area contributed by atoms with E-state index in [0.717, 1.165) is 91.5 Å². The molecule has 0 amide bonds. The lowest BCUT2D eigenvalue weighted by atomic mass is 9.65. The molecule has 4 aromatic carbocycles. The second-order valence-corrected chi connectivity index (χ2v) is 17.8. The van der Waals surface area contributed by atoms with Crippen molar-refractivity contribution in [2.45, 2.75) is 5.41 Å². The standard InChI is InChI=1S/C65H48N12/c1-9-41-66-57(17-1)74(58-18-2-10-42-67-58)53-33-25-49(26-34-53)65(50-27-35-54(36-28-50)75(59-19-3-11-43-68-59)60-20-4-12-44-69-60,51-29-37-55(38-30-51)76(61-21-5-13-45-70-61)62-22-6-14-46-71-62)52-31-39-56(40-32-52)77(63-23-7-15-47-72-63)64-24-8-16-48-73-64/h1-48H. The summed E-state index contributed by atoms with van der Waals surface area (Å²) in [7, 11) is 0. The quantitative estimate of drug-likeness (QED) is 0.0858. The Balaban J connectivity index is 1.08. The Morgan fingerprint density at radius 2 is 0.338 bits per heavy atom. The molecule has 0 radical (unpaired) electrons. The molecule has 8 aromatic heterocycles. The minimum atomic E-state index is -0.947. The Morgan fingerprint density at radius 1 is 0.182 bits per heavy atom. The first-order chi connectivity index (χ1) is 38.2. The van der Waals surface area contributed by atoms with Crippen molar-refractivity contribution in [2.75, 3.05) is 19.6 Å². The highest BCUT2D eigenvalue weighted by Gasteiger charge is 2.39. The zero-order valence-corrected chi connectivity index (χ0v) is 41.6. The average Bonchev–Trinajstić information content (AvgIpc) is 3.52. The molecule has 368 valence electrons. The van der Waals surface area contributed by atoms with Gasteiger partial charge in [-0.05, 0) is 168 Å². The fourth-order valence-electron chi connectivity index (χ4n) is 9.86. The van der Waals surface area contributed by atoms with Crippen molar-refractivity contribution in [1.82, 2.24) is 39.9 Å². The van der Waals surface area contributed by atoms with Crippen molar-refractivity contribution in [3.8, 4) is 0 Å². The lowest BCUT2D eigenvalue weighted by Crippen LogP contribution is -2.31. The number of hydrogen-bond donors (Lipinski definition) is 0. The van der Waals surface area contributed by atoms with Crippen LogP contribution in [0.5, 0.6) is 0 Å². The molecule has 12 heteroatoms. The first-order valence-electron chi connectivity index (χ1n) is 25.1. The van der Waals surface area contributed by atoms with Crippen molar-refractivity contribution < 1.29 is 0 Å². The molecule has 0 aliphatic heterocycles. The lowest BCUT2D eigenvalue weighted by molar-refractivity contribution is 0.745. The Morgan fingerprint density at radius 3 is 0.468 bits per heavy atom. The van der Waals surface area contributed by atoms with E-state index >= 15 is 0 Å². The second-order valence-electron chi connectivity index (χ2n) is 17.8. The predicted molar refractivity (Wildman–Crippen MR) is 306 cm³/mol. The molecule has 0 unspecified atom stereocenters. The van der Waals surface area contributed by atoms with Crippen LogP contribution >= 0.6 is 0 Å². The van der Waals surface area contributed by atoms with Gasteiger partial charge in [0, 0.05) is 72.3 Å². The van der Waals surface area contributed by atoms with Crippen LogP contribution in [0.3, 0.4) is 0 Å². The van der Waals surface area contributed by atoms with Crippen LogP contribution in [0.4, 0.5) is 69.3 Å². The van der Waals surface area contributed by atoms with Gasteiger partial charge in [0.05, 0.1) is 5.41 Å². The summed E-state index contributed by atoms with van der Waals surface area (Å²) in [6.45, 7) is 0. The van der Waals surface area contributed by atoms with Crippen LogP contribution in [0.25, 0.3) is 0 Å². The summed E-state index contributed by atoms with van der Waals surface area (Å²) in [5.74, 6) is 5.95. The van der Waals surface area contributed by atoms with E-state index in [-0.39, 0.29) is 0 Å². The van der Waals surface area contributed by atoms with Gasteiger partial charge in [-0.1, -0.05) is 97.1 Å². The highest BCUT2D eigenvalue weighted by Crippen LogP contribution is 2.49. The van der Waals surface area contributed by atoms with E-state index in [1.165, 1.54) is 0 Å². The molecule has 0 aliphatic carbocycles. The van der Waals surface area contributed by atoms with Crippen LogP contribution in [0.15, 0.2) is 292 Å². The van der Waals surface area contributed by atoms with Crippen LogP contribution in [-0.2, 0) is 5.41 Å². The van der Waals surface area contributed by atoms with E-state index in [1.807, 2.05) is 146 Å². The van der Waals surface area contributed by atoms with Gasteiger partial charge in [0.25, 0.3) is 0 Å². The first kappa shape index (κ1) is 47.3. The molecule has 0 atom stereocenters. The number of rotatable bonds is 16. The van der Waals surface area contributed by atoms with Crippen LogP contribution < -0.4 is 19.6 Å². The predicted octanol–water partition coefficient (Wildman–Crippen LogP) is 15.1. The molecule has 8 heterocycles. The third-order valence-corrected chi connectivity index (χ3v) is 13.3. The smallest absolute Gasteiger partial charge is 0.138 e. The number of aromatic nitrogens is 8. The van der Waals surface area contributed by atoms with Crippen molar-refractivity contribution in [3.05, 3.63) is 314 Å². The van der Waals surface area contributed by atoms with Crippen LogP contribution in [-0.4, -0.2) is 39.9 Å². The lowest BCUT2D eigenvalue weighted by Gasteiger charge is -2.38. The molecule has 0 bridgehead atoms. The summed E-state index contributed by atoms with van der Waals surface area (Å²) in [5.41, 5.74) is 6.68. The Hall–Kier alpha value is -10.7. The van der Waals surface area contributed by atoms with Gasteiger partial charge in [-0.3, -0.25) is 19.6 Å². The van der Waals surface area contributed by atoms with Gasteiger partial charge < -0.3 is 0 Å². The number of hydrogen-bond acceptors (Lipinski definition) is 12. The summed E-state index contributed by atoms with van der Waals surface area (Å²) in [6, 6.07) is 82.3. The highest BCUT2D eigenvalue weighted by atomic mass is 15.3. The second kappa shape index (κ2) is 21.8. The summed E-state index contributed by atoms with van der Waals surface area (Å²) in [6.07, 6.45) is 14.4. The minimum Gasteiger partial charge on any atom is -0.279 e. The summed E-state index contributed by atoms with van der Waals surface area (Å²) < 4.78 is 0. The molecule has 12 rings (SSSR count). The topological polar surface area (TPSA) is 116 Å². The molecule has 0 fully saturated rings. The van der Waals surface area contributed by atoms with E-state index in [2.05, 4.69) is 117 Å². The van der Waals surface area contributed by atoms with Crippen molar-refractivity contribution in [2.24, 2.45) is 0 Å². The highest BCUT2D eigenvalue weighted by molar-refractivity contribution is 5.78. The number of nitrogens with zero attached hydrogens (tertiary/aromatic N) is 12. The monoisotopic (exact) mass is 996 g/mol. The third kappa shape index (κ3) is 9.57. The SMILES string of the molecule is c1ccc(N(c2ccc(C(c3ccc(N(c4ccccn4)c4ccccn4)cc3)(c3ccc(N(c4ccccn4)c4ccccn4)cc3)c3ccc(N(c4ccccn4)c4ccccn4)cc3)cc2)c2ccccn2)nc1. The van der Waals surface area contributed by atoms with Crippen LogP contribution in [0.2, 0.25) is 0 Å². The summed E-state index contributed by atoms with van der Waals surface area (Å²) in [4.78, 5) is 46.6. The zero-order valence-electron chi connectivity index (χ0n) is 41.6. The van der Waals surface area contributed by atoms with E-state index in [0.29, 0.717) is 0 Å². The average molecular weight is 997 g/mol. The maximum Gasteiger partial charge on any atom is 0.138 e. The van der Waals surface area contributed by atoms with Gasteiger partial charge in [-0.15, -0.1) is 0 Å². The van der Waals surface area contributed by atoms with E-state index in [4.69, 9.17) is 39.9 Å². The molecular formula is C65H48N12. The fraction of sp³-hybridized carbons (Fsp3) is 0.0154. The number of pyridine rings is 8. The number of benzene rings is 4. The maximum atomic E-state index is 4.79. The van der Waals surface area contributed by atoms with Crippen molar-refractivity contribution >= 4 is 69.3 Å². The maximum absolute atomic E-state index is 4.79. The van der Waals surface area contributed by atoms with Gasteiger partial charge in [0.1, 0.15) is 46.5 Å².